The van der Waals surface area contributed by atoms with Crippen LogP contribution in [0, 0.1) is 13.8 Å². The van der Waals surface area contributed by atoms with Crippen molar-refractivity contribution in [3.05, 3.63) is 59.6 Å². The number of allylic oxidation sites excluding steroid dienone is 1. The van der Waals surface area contributed by atoms with Crippen LogP contribution in [0.2, 0.25) is 0 Å². The molecule has 114 valence electrons. The zero-order valence-corrected chi connectivity index (χ0v) is 12.6. The number of furan rings is 1. The van der Waals surface area contributed by atoms with E-state index in [1.807, 2.05) is 38.1 Å². The minimum Gasteiger partial charge on any atom is -0.483 e. The first-order chi connectivity index (χ1) is 10.6. The second kappa shape index (κ2) is 7.83. The molecule has 5 nitrogen and oxygen atoms in total. The number of hydrogen-bond acceptors (Lipinski definition) is 4. The Morgan fingerprint density at radius 3 is 3.00 bits per heavy atom. The molecular weight excluding hydrogens is 280 g/mol. The molecule has 2 aromatic rings. The number of carbonyl (C=O) groups is 1. The Balaban J connectivity index is 1.75. The van der Waals surface area contributed by atoms with Crippen molar-refractivity contribution in [2.45, 2.75) is 13.8 Å². The van der Waals surface area contributed by atoms with Crippen molar-refractivity contribution >= 4 is 18.2 Å². The SMILES string of the molecule is Cc1ccc(C)c(OCC(=O)N/N=C/C=C/c2ccco2)c1. The lowest BCUT2D eigenvalue weighted by molar-refractivity contribution is -0.123. The Kier molecular flexibility index (Phi) is 5.54. The van der Waals surface area contributed by atoms with E-state index >= 15 is 0 Å². The Morgan fingerprint density at radius 2 is 2.23 bits per heavy atom. The second-order valence-electron chi connectivity index (χ2n) is 4.75. The van der Waals surface area contributed by atoms with Crippen molar-refractivity contribution in [1.82, 2.24) is 5.43 Å². The molecule has 0 aliphatic carbocycles. The Morgan fingerprint density at radius 1 is 1.36 bits per heavy atom. The minimum absolute atomic E-state index is 0.0798. The number of benzene rings is 1. The molecule has 1 amide bonds. The maximum absolute atomic E-state index is 11.6. The van der Waals surface area contributed by atoms with Gasteiger partial charge in [-0.3, -0.25) is 4.79 Å². The fourth-order valence-corrected chi connectivity index (χ4v) is 1.71. The molecule has 0 fully saturated rings. The van der Waals surface area contributed by atoms with Crippen LogP contribution in [-0.2, 0) is 4.79 Å². The van der Waals surface area contributed by atoms with Crippen molar-refractivity contribution in [2.75, 3.05) is 6.61 Å². The van der Waals surface area contributed by atoms with E-state index in [-0.39, 0.29) is 12.5 Å². The molecule has 0 aliphatic heterocycles. The lowest BCUT2D eigenvalue weighted by Gasteiger charge is -2.08. The van der Waals surface area contributed by atoms with Crippen LogP contribution in [0.15, 0.2) is 52.2 Å². The number of carbonyl (C=O) groups excluding carboxylic acids is 1. The number of amides is 1. The van der Waals surface area contributed by atoms with E-state index in [9.17, 15) is 4.79 Å². The molecule has 2 rings (SSSR count). The first-order valence-corrected chi connectivity index (χ1v) is 6.87. The van der Waals surface area contributed by atoms with E-state index in [1.54, 1.807) is 24.5 Å². The highest BCUT2D eigenvalue weighted by Gasteiger charge is 2.04. The van der Waals surface area contributed by atoms with E-state index in [0.29, 0.717) is 5.75 Å². The summed E-state index contributed by atoms with van der Waals surface area (Å²) < 4.78 is 10.6. The molecule has 0 bridgehead atoms. The van der Waals surface area contributed by atoms with Gasteiger partial charge in [0.1, 0.15) is 11.5 Å². The molecule has 1 aromatic heterocycles. The van der Waals surface area contributed by atoms with Crippen LogP contribution >= 0.6 is 0 Å². The van der Waals surface area contributed by atoms with Crippen molar-refractivity contribution < 1.29 is 13.9 Å². The number of ether oxygens (including phenoxy) is 1. The van der Waals surface area contributed by atoms with Crippen LogP contribution in [0.25, 0.3) is 6.08 Å². The highest BCUT2D eigenvalue weighted by atomic mass is 16.5. The third kappa shape index (κ3) is 4.94. The lowest BCUT2D eigenvalue weighted by atomic mass is 10.1. The zero-order valence-electron chi connectivity index (χ0n) is 12.6. The van der Waals surface area contributed by atoms with Crippen molar-refractivity contribution in [3.63, 3.8) is 0 Å². The molecule has 0 radical (unpaired) electrons. The molecule has 0 spiro atoms. The van der Waals surface area contributed by atoms with Gasteiger partial charge in [0, 0.05) is 6.21 Å². The number of aryl methyl sites for hydroxylation is 2. The van der Waals surface area contributed by atoms with E-state index in [4.69, 9.17) is 9.15 Å². The van der Waals surface area contributed by atoms with Gasteiger partial charge in [-0.15, -0.1) is 0 Å². The van der Waals surface area contributed by atoms with Crippen molar-refractivity contribution in [3.8, 4) is 5.75 Å². The summed E-state index contributed by atoms with van der Waals surface area (Å²) >= 11 is 0. The molecule has 22 heavy (non-hydrogen) atoms. The van der Waals surface area contributed by atoms with Gasteiger partial charge >= 0.3 is 0 Å². The van der Waals surface area contributed by atoms with Gasteiger partial charge in [0.2, 0.25) is 0 Å². The van der Waals surface area contributed by atoms with Crippen LogP contribution in [0.4, 0.5) is 0 Å². The fraction of sp³-hybridized carbons (Fsp3) is 0.176. The lowest BCUT2D eigenvalue weighted by Crippen LogP contribution is -2.24. The molecule has 1 aromatic carbocycles. The molecule has 1 heterocycles. The largest absolute Gasteiger partial charge is 0.483 e. The van der Waals surface area contributed by atoms with Gasteiger partial charge in [-0.25, -0.2) is 5.43 Å². The molecule has 0 saturated carbocycles. The molecule has 0 saturated heterocycles. The van der Waals surface area contributed by atoms with Gasteiger partial charge < -0.3 is 9.15 Å². The Hall–Kier alpha value is -2.82. The predicted octanol–water partition coefficient (Wildman–Crippen LogP) is 3.09. The average molecular weight is 298 g/mol. The van der Waals surface area contributed by atoms with Crippen LogP contribution in [-0.4, -0.2) is 18.7 Å². The minimum atomic E-state index is -0.316. The van der Waals surface area contributed by atoms with Gasteiger partial charge in [0.15, 0.2) is 6.61 Å². The number of hydrogen-bond donors (Lipinski definition) is 1. The summed E-state index contributed by atoms with van der Waals surface area (Å²) in [6, 6.07) is 9.47. The van der Waals surface area contributed by atoms with Crippen LogP contribution in [0.3, 0.4) is 0 Å². The highest BCUT2D eigenvalue weighted by Crippen LogP contribution is 2.18. The van der Waals surface area contributed by atoms with E-state index in [0.717, 1.165) is 16.9 Å². The number of rotatable bonds is 6. The topological polar surface area (TPSA) is 63.8 Å². The molecule has 5 heteroatoms. The Bertz CT molecular complexity index is 673. The third-order valence-electron chi connectivity index (χ3n) is 2.86. The smallest absolute Gasteiger partial charge is 0.277 e. The van der Waals surface area contributed by atoms with Crippen LogP contribution in [0.5, 0.6) is 5.75 Å². The number of hydrazone groups is 1. The summed E-state index contributed by atoms with van der Waals surface area (Å²) in [5.41, 5.74) is 4.47. The number of nitrogens with zero attached hydrogens (tertiary/aromatic N) is 1. The summed E-state index contributed by atoms with van der Waals surface area (Å²) in [7, 11) is 0. The number of nitrogens with one attached hydrogen (secondary N) is 1. The van der Waals surface area contributed by atoms with Gasteiger partial charge in [0.25, 0.3) is 5.91 Å². The standard InChI is InChI=1S/C17H18N2O3/c1-13-7-8-14(2)16(11-13)22-12-17(20)19-18-9-3-5-15-6-4-10-21-15/h3-11H,12H2,1-2H3,(H,19,20)/b5-3+,18-9+. The van der Waals surface area contributed by atoms with Crippen LogP contribution < -0.4 is 10.2 Å². The maximum Gasteiger partial charge on any atom is 0.277 e. The van der Waals surface area contributed by atoms with Gasteiger partial charge in [-0.1, -0.05) is 12.1 Å². The Labute approximate surface area is 129 Å². The first-order valence-electron chi connectivity index (χ1n) is 6.87. The zero-order chi connectivity index (χ0) is 15.8. The summed E-state index contributed by atoms with van der Waals surface area (Å²) in [6.45, 7) is 3.83. The third-order valence-corrected chi connectivity index (χ3v) is 2.86. The summed E-state index contributed by atoms with van der Waals surface area (Å²) in [6.07, 6.45) is 6.47. The highest BCUT2D eigenvalue weighted by molar-refractivity contribution is 5.81. The molecular formula is C17H18N2O3. The van der Waals surface area contributed by atoms with E-state index in [1.165, 1.54) is 6.21 Å². The first kappa shape index (κ1) is 15.6. The van der Waals surface area contributed by atoms with E-state index in [2.05, 4.69) is 10.5 Å². The van der Waals surface area contributed by atoms with E-state index < -0.39 is 0 Å². The van der Waals surface area contributed by atoms with Gasteiger partial charge in [-0.05, 0) is 55.3 Å². The quantitative estimate of drug-likeness (QED) is 0.658. The molecule has 0 aliphatic rings. The molecule has 1 N–H and O–H groups in total. The summed E-state index contributed by atoms with van der Waals surface area (Å²) in [5, 5.41) is 3.79. The van der Waals surface area contributed by atoms with Gasteiger partial charge in [-0.2, -0.15) is 5.10 Å². The van der Waals surface area contributed by atoms with Crippen molar-refractivity contribution in [1.29, 1.82) is 0 Å². The monoisotopic (exact) mass is 298 g/mol. The average Bonchev–Trinajstić information content (AvgIpc) is 3.01. The predicted molar refractivity (Wildman–Crippen MR) is 85.8 cm³/mol. The molecule has 0 atom stereocenters. The second-order valence-corrected chi connectivity index (χ2v) is 4.75. The maximum atomic E-state index is 11.6. The summed E-state index contributed by atoms with van der Waals surface area (Å²) in [4.78, 5) is 11.6. The van der Waals surface area contributed by atoms with Gasteiger partial charge in [0.05, 0.1) is 6.26 Å². The summed E-state index contributed by atoms with van der Waals surface area (Å²) in [5.74, 6) is 1.11. The normalized spacial score (nSPS) is 11.2. The fourth-order valence-electron chi connectivity index (χ4n) is 1.71. The van der Waals surface area contributed by atoms with Crippen LogP contribution in [0.1, 0.15) is 16.9 Å². The van der Waals surface area contributed by atoms with Crippen molar-refractivity contribution in [2.24, 2.45) is 5.10 Å². The molecule has 0 unspecified atom stereocenters.